The second-order valence-corrected chi connectivity index (χ2v) is 4.85. The van der Waals surface area contributed by atoms with Crippen molar-refractivity contribution in [1.29, 1.82) is 0 Å². The topological polar surface area (TPSA) is 51.6 Å². The molecular formula is C12H17NO3. The van der Waals surface area contributed by atoms with Crippen LogP contribution in [0.3, 0.4) is 0 Å². The quantitative estimate of drug-likeness (QED) is 0.795. The zero-order valence-electron chi connectivity index (χ0n) is 10.3. The predicted octanol–water partition coefficient (Wildman–Crippen LogP) is 2.73. The zero-order valence-corrected chi connectivity index (χ0v) is 10.3. The van der Waals surface area contributed by atoms with E-state index in [9.17, 15) is 5.11 Å². The first-order valence-corrected chi connectivity index (χ1v) is 5.43. The molecule has 0 saturated heterocycles. The Morgan fingerprint density at radius 1 is 1.25 bits per heavy atom. The third kappa shape index (κ3) is 1.58. The summed E-state index contributed by atoms with van der Waals surface area (Å²) in [5.41, 5.74) is 1.34. The van der Waals surface area contributed by atoms with E-state index in [1.165, 1.54) is 0 Å². The molecule has 2 rings (SSSR count). The lowest BCUT2D eigenvalue weighted by Gasteiger charge is -2.17. The number of hydrogen-bond donors (Lipinski definition) is 1. The average molecular weight is 223 g/mol. The minimum atomic E-state index is -0.709. The van der Waals surface area contributed by atoms with Crippen molar-refractivity contribution in [3.05, 3.63) is 11.3 Å². The molecule has 88 valence electrons. The van der Waals surface area contributed by atoms with Crippen molar-refractivity contribution in [1.82, 2.24) is 4.98 Å². The van der Waals surface area contributed by atoms with E-state index in [4.69, 9.17) is 9.47 Å². The molecule has 0 amide bonds. The Kier molecular flexibility index (Phi) is 2.26. The summed E-state index contributed by atoms with van der Waals surface area (Å²) >= 11 is 0. The van der Waals surface area contributed by atoms with Crippen molar-refractivity contribution in [2.45, 2.75) is 46.3 Å². The smallest absolute Gasteiger partial charge is 0.261 e. The van der Waals surface area contributed by atoms with Crippen LogP contribution in [-0.2, 0) is 0 Å². The second-order valence-electron chi connectivity index (χ2n) is 4.85. The summed E-state index contributed by atoms with van der Waals surface area (Å²) in [6.07, 6.45) is 0. The number of rotatable bonds is 1. The maximum Gasteiger partial charge on any atom is 0.261 e. The van der Waals surface area contributed by atoms with Gasteiger partial charge in [-0.05, 0) is 12.8 Å². The molecule has 0 atom stereocenters. The van der Waals surface area contributed by atoms with Crippen LogP contribution in [0, 0.1) is 6.92 Å². The Balaban J connectivity index is 2.63. The lowest BCUT2D eigenvalue weighted by Crippen LogP contribution is -2.30. The standard InChI is InChI=1S/C12H17NO3/c1-6(2)8-9(14)7(3)13-11-10(8)15-12(4,5)16-11/h6,14H,1-5H3. The Bertz CT molecular complexity index is 438. The maximum absolute atomic E-state index is 10.0. The highest BCUT2D eigenvalue weighted by Gasteiger charge is 2.37. The van der Waals surface area contributed by atoms with Gasteiger partial charge >= 0.3 is 0 Å². The summed E-state index contributed by atoms with van der Waals surface area (Å²) in [5, 5.41) is 10.0. The van der Waals surface area contributed by atoms with Crippen LogP contribution in [0.4, 0.5) is 0 Å². The first-order valence-electron chi connectivity index (χ1n) is 5.43. The van der Waals surface area contributed by atoms with Crippen molar-refractivity contribution in [3.8, 4) is 17.4 Å². The molecule has 0 spiro atoms. The molecule has 0 bridgehead atoms. The number of aryl methyl sites for hydroxylation is 1. The predicted molar refractivity (Wildman–Crippen MR) is 60.1 cm³/mol. The van der Waals surface area contributed by atoms with E-state index in [0.29, 0.717) is 17.3 Å². The van der Waals surface area contributed by atoms with E-state index in [2.05, 4.69) is 4.98 Å². The molecule has 1 aliphatic heterocycles. The van der Waals surface area contributed by atoms with Crippen molar-refractivity contribution in [3.63, 3.8) is 0 Å². The average Bonchev–Trinajstić information content (AvgIpc) is 2.40. The maximum atomic E-state index is 10.0. The third-order valence-corrected chi connectivity index (χ3v) is 2.57. The molecule has 4 heteroatoms. The van der Waals surface area contributed by atoms with Crippen LogP contribution in [0.5, 0.6) is 17.4 Å². The second kappa shape index (κ2) is 3.27. The van der Waals surface area contributed by atoms with Gasteiger partial charge in [0.2, 0.25) is 5.79 Å². The van der Waals surface area contributed by atoms with Gasteiger partial charge in [-0.25, -0.2) is 4.98 Å². The van der Waals surface area contributed by atoms with Crippen LogP contribution in [0.25, 0.3) is 0 Å². The molecule has 0 saturated carbocycles. The lowest BCUT2D eigenvalue weighted by molar-refractivity contribution is -0.0452. The Labute approximate surface area is 95.2 Å². The molecule has 0 fully saturated rings. The van der Waals surface area contributed by atoms with Gasteiger partial charge in [-0.1, -0.05) is 13.8 Å². The summed E-state index contributed by atoms with van der Waals surface area (Å²) in [5.74, 6) is 0.703. The zero-order chi connectivity index (χ0) is 12.1. The first kappa shape index (κ1) is 11.0. The molecule has 1 aromatic rings. The number of ether oxygens (including phenoxy) is 2. The van der Waals surface area contributed by atoms with Gasteiger partial charge in [0.25, 0.3) is 5.88 Å². The van der Waals surface area contributed by atoms with Gasteiger partial charge in [-0.2, -0.15) is 0 Å². The summed E-state index contributed by atoms with van der Waals surface area (Å²) in [4.78, 5) is 4.19. The normalized spacial score (nSPS) is 16.9. The number of aromatic nitrogens is 1. The molecule has 1 aliphatic rings. The molecule has 0 aliphatic carbocycles. The lowest BCUT2D eigenvalue weighted by atomic mass is 10.0. The molecule has 4 nitrogen and oxygen atoms in total. The van der Waals surface area contributed by atoms with Gasteiger partial charge in [-0.3, -0.25) is 0 Å². The fraction of sp³-hybridized carbons (Fsp3) is 0.583. The molecule has 16 heavy (non-hydrogen) atoms. The fourth-order valence-corrected chi connectivity index (χ4v) is 1.88. The van der Waals surface area contributed by atoms with Crippen LogP contribution in [0.15, 0.2) is 0 Å². The summed E-state index contributed by atoms with van der Waals surface area (Å²) in [6, 6.07) is 0. The molecule has 1 N–H and O–H groups in total. The minimum absolute atomic E-state index is 0.160. The minimum Gasteiger partial charge on any atom is -0.506 e. The van der Waals surface area contributed by atoms with Gasteiger partial charge in [0.1, 0.15) is 5.75 Å². The first-order chi connectivity index (χ1) is 7.32. The van der Waals surface area contributed by atoms with Gasteiger partial charge < -0.3 is 14.6 Å². The van der Waals surface area contributed by atoms with E-state index < -0.39 is 5.79 Å². The van der Waals surface area contributed by atoms with Crippen LogP contribution in [0.1, 0.15) is 44.9 Å². The number of pyridine rings is 1. The highest BCUT2D eigenvalue weighted by Crippen LogP contribution is 2.47. The van der Waals surface area contributed by atoms with Crippen LogP contribution in [-0.4, -0.2) is 15.9 Å². The molecule has 0 unspecified atom stereocenters. The van der Waals surface area contributed by atoms with Crippen molar-refractivity contribution >= 4 is 0 Å². The molecule has 1 aromatic heterocycles. The molecule has 2 heterocycles. The van der Waals surface area contributed by atoms with E-state index in [1.807, 2.05) is 27.7 Å². The van der Waals surface area contributed by atoms with E-state index in [1.54, 1.807) is 6.92 Å². The SMILES string of the molecule is Cc1nc2c(c(C(C)C)c1O)OC(C)(C)O2. The summed E-state index contributed by atoms with van der Waals surface area (Å²) in [7, 11) is 0. The molecule has 0 radical (unpaired) electrons. The molecular weight excluding hydrogens is 206 g/mol. The van der Waals surface area contributed by atoms with Crippen LogP contribution < -0.4 is 9.47 Å². The number of aromatic hydroxyl groups is 1. The number of fused-ring (bicyclic) bond motifs is 1. The Hall–Kier alpha value is -1.45. The van der Waals surface area contributed by atoms with Crippen LogP contribution in [0.2, 0.25) is 0 Å². The van der Waals surface area contributed by atoms with Crippen molar-refractivity contribution in [2.75, 3.05) is 0 Å². The highest BCUT2D eigenvalue weighted by atomic mass is 16.7. The van der Waals surface area contributed by atoms with Gasteiger partial charge in [0.05, 0.1) is 5.69 Å². The number of nitrogens with zero attached hydrogens (tertiary/aromatic N) is 1. The van der Waals surface area contributed by atoms with E-state index in [0.717, 1.165) is 5.56 Å². The van der Waals surface area contributed by atoms with Gasteiger partial charge in [-0.15, -0.1) is 0 Å². The Morgan fingerprint density at radius 3 is 2.44 bits per heavy atom. The summed E-state index contributed by atoms with van der Waals surface area (Å²) < 4.78 is 11.3. The third-order valence-electron chi connectivity index (χ3n) is 2.57. The highest BCUT2D eigenvalue weighted by molar-refractivity contribution is 5.55. The van der Waals surface area contributed by atoms with Crippen LogP contribution >= 0.6 is 0 Å². The van der Waals surface area contributed by atoms with E-state index in [-0.39, 0.29) is 11.7 Å². The largest absolute Gasteiger partial charge is 0.506 e. The summed E-state index contributed by atoms with van der Waals surface area (Å²) in [6.45, 7) is 9.42. The fourth-order valence-electron chi connectivity index (χ4n) is 1.88. The Morgan fingerprint density at radius 2 is 1.88 bits per heavy atom. The molecule has 0 aromatic carbocycles. The number of hydrogen-bond acceptors (Lipinski definition) is 4. The van der Waals surface area contributed by atoms with Crippen molar-refractivity contribution < 1.29 is 14.6 Å². The monoisotopic (exact) mass is 223 g/mol. The van der Waals surface area contributed by atoms with Gasteiger partial charge in [0.15, 0.2) is 5.75 Å². The van der Waals surface area contributed by atoms with Gasteiger partial charge in [0, 0.05) is 19.4 Å². The van der Waals surface area contributed by atoms with E-state index >= 15 is 0 Å². The van der Waals surface area contributed by atoms with Crippen molar-refractivity contribution in [2.24, 2.45) is 0 Å².